The number of carbonyl (C=O) groups is 1. The Morgan fingerprint density at radius 2 is 2.04 bits per heavy atom. The molecule has 0 aromatic heterocycles. The first-order valence-electron chi connectivity index (χ1n) is 8.22. The van der Waals surface area contributed by atoms with Gasteiger partial charge in [-0.15, -0.1) is 0 Å². The van der Waals surface area contributed by atoms with Crippen molar-refractivity contribution in [1.29, 1.82) is 0 Å². The number of carboxylic acids is 1. The summed E-state index contributed by atoms with van der Waals surface area (Å²) in [4.78, 5) is 13.2. The number of rotatable bonds is 7. The predicted molar refractivity (Wildman–Crippen MR) is 84.8 cm³/mol. The molecular weight excluding hydrogens is 339 g/mol. The van der Waals surface area contributed by atoms with Crippen molar-refractivity contribution in [2.45, 2.75) is 44.9 Å². The van der Waals surface area contributed by atoms with Crippen molar-refractivity contribution >= 4 is 5.97 Å². The Labute approximate surface area is 144 Å². The molecule has 1 aromatic rings. The lowest BCUT2D eigenvalue weighted by molar-refractivity contribution is -0.153. The minimum Gasteiger partial charge on any atom is -0.490 e. The summed E-state index contributed by atoms with van der Waals surface area (Å²) in [5.41, 5.74) is 0.774. The maximum atomic E-state index is 12.3. The normalized spacial score (nSPS) is 18.8. The Bertz CT molecular complexity index is 592. The fourth-order valence-corrected chi connectivity index (χ4v) is 2.89. The molecule has 1 N–H and O–H groups in total. The highest BCUT2D eigenvalue weighted by molar-refractivity contribution is 5.73. The summed E-state index contributed by atoms with van der Waals surface area (Å²) in [5, 5.41) is 9.32. The standard InChI is InChI=1S/C17H22F3NO4/c1-2-24-15-9-12(6-7-14(15)25-11-17(18,19)20)10-21-8-4-3-5-13(21)16(22)23/h6-7,9,13H,2-5,8,10-11H2,1H3,(H,22,23). The molecule has 0 radical (unpaired) electrons. The number of carboxylic acid groups (broad SMARTS) is 1. The summed E-state index contributed by atoms with van der Waals surface area (Å²) in [7, 11) is 0. The molecule has 1 fully saturated rings. The van der Waals surface area contributed by atoms with Crippen molar-refractivity contribution in [3.63, 3.8) is 0 Å². The highest BCUT2D eigenvalue weighted by Crippen LogP contribution is 2.31. The van der Waals surface area contributed by atoms with Gasteiger partial charge in [0.25, 0.3) is 0 Å². The van der Waals surface area contributed by atoms with Gasteiger partial charge < -0.3 is 14.6 Å². The number of hydrogen-bond donors (Lipinski definition) is 1. The van der Waals surface area contributed by atoms with Crippen molar-refractivity contribution in [1.82, 2.24) is 4.90 Å². The molecule has 140 valence electrons. The number of alkyl halides is 3. The lowest BCUT2D eigenvalue weighted by Gasteiger charge is -2.33. The van der Waals surface area contributed by atoms with E-state index in [1.54, 1.807) is 19.1 Å². The van der Waals surface area contributed by atoms with Crippen LogP contribution in [-0.4, -0.2) is 48.0 Å². The van der Waals surface area contributed by atoms with Gasteiger partial charge in [0.1, 0.15) is 6.04 Å². The molecule has 1 saturated heterocycles. The van der Waals surface area contributed by atoms with Crippen molar-refractivity contribution < 1.29 is 32.5 Å². The first kappa shape index (κ1) is 19.4. The van der Waals surface area contributed by atoms with Gasteiger partial charge in [-0.25, -0.2) is 0 Å². The number of benzene rings is 1. The lowest BCUT2D eigenvalue weighted by Crippen LogP contribution is -2.43. The molecule has 1 aliphatic rings. The molecule has 5 nitrogen and oxygen atoms in total. The van der Waals surface area contributed by atoms with Crippen LogP contribution in [0.3, 0.4) is 0 Å². The third-order valence-corrected chi connectivity index (χ3v) is 3.98. The van der Waals surface area contributed by atoms with Crippen molar-refractivity contribution in [3.05, 3.63) is 23.8 Å². The Balaban J connectivity index is 2.13. The number of halogens is 3. The van der Waals surface area contributed by atoms with Crippen LogP contribution in [0.1, 0.15) is 31.7 Å². The molecule has 0 spiro atoms. The van der Waals surface area contributed by atoms with Gasteiger partial charge in [0, 0.05) is 6.54 Å². The largest absolute Gasteiger partial charge is 0.490 e. The Hall–Kier alpha value is -1.96. The van der Waals surface area contributed by atoms with Gasteiger partial charge in [0.05, 0.1) is 6.61 Å². The molecule has 1 aliphatic heterocycles. The predicted octanol–water partition coefficient (Wildman–Crippen LogP) is 3.47. The van der Waals surface area contributed by atoms with Crippen LogP contribution < -0.4 is 9.47 Å². The van der Waals surface area contributed by atoms with Crippen LogP contribution in [0.2, 0.25) is 0 Å². The molecule has 1 heterocycles. The number of nitrogens with zero attached hydrogens (tertiary/aromatic N) is 1. The third kappa shape index (κ3) is 5.81. The topological polar surface area (TPSA) is 59.0 Å². The maximum absolute atomic E-state index is 12.3. The van der Waals surface area contributed by atoms with E-state index in [-0.39, 0.29) is 18.1 Å². The molecule has 1 atom stereocenters. The number of ether oxygens (including phenoxy) is 2. The number of piperidine rings is 1. The molecule has 0 amide bonds. The summed E-state index contributed by atoms with van der Waals surface area (Å²) in [6.45, 7) is 1.70. The van der Waals surface area contributed by atoms with Crippen molar-refractivity contribution in [2.75, 3.05) is 19.8 Å². The second-order valence-electron chi connectivity index (χ2n) is 5.94. The second-order valence-corrected chi connectivity index (χ2v) is 5.94. The van der Waals surface area contributed by atoms with Gasteiger partial charge >= 0.3 is 12.1 Å². The van der Waals surface area contributed by atoms with Crippen LogP contribution in [0.15, 0.2) is 18.2 Å². The van der Waals surface area contributed by atoms with E-state index in [1.807, 2.05) is 4.90 Å². The van der Waals surface area contributed by atoms with Gasteiger partial charge in [-0.05, 0) is 44.0 Å². The van der Waals surface area contributed by atoms with E-state index >= 15 is 0 Å². The van der Waals surface area contributed by atoms with Crippen LogP contribution in [0.5, 0.6) is 11.5 Å². The van der Waals surface area contributed by atoms with Crippen LogP contribution in [-0.2, 0) is 11.3 Å². The Morgan fingerprint density at radius 3 is 2.68 bits per heavy atom. The Kier molecular flexibility index (Phi) is 6.52. The van der Waals surface area contributed by atoms with Crippen molar-refractivity contribution in [2.24, 2.45) is 0 Å². The SMILES string of the molecule is CCOc1cc(CN2CCCCC2C(=O)O)ccc1OCC(F)(F)F. The van der Waals surface area contributed by atoms with E-state index in [9.17, 15) is 23.1 Å². The van der Waals surface area contributed by atoms with E-state index in [0.717, 1.165) is 18.4 Å². The van der Waals surface area contributed by atoms with E-state index < -0.39 is 24.8 Å². The molecule has 25 heavy (non-hydrogen) atoms. The molecular formula is C17H22F3NO4. The summed E-state index contributed by atoms with van der Waals surface area (Å²) in [6, 6.07) is 4.15. The molecule has 8 heteroatoms. The smallest absolute Gasteiger partial charge is 0.422 e. The maximum Gasteiger partial charge on any atom is 0.422 e. The molecule has 1 unspecified atom stereocenters. The molecule has 0 bridgehead atoms. The first-order chi connectivity index (χ1) is 11.8. The Morgan fingerprint density at radius 1 is 1.28 bits per heavy atom. The number of hydrogen-bond acceptors (Lipinski definition) is 4. The van der Waals surface area contributed by atoms with Crippen LogP contribution >= 0.6 is 0 Å². The monoisotopic (exact) mass is 361 g/mol. The minimum absolute atomic E-state index is 0.0244. The van der Waals surface area contributed by atoms with E-state index in [2.05, 4.69) is 0 Å². The zero-order valence-electron chi connectivity index (χ0n) is 14.0. The fraction of sp³-hybridized carbons (Fsp3) is 0.588. The third-order valence-electron chi connectivity index (χ3n) is 3.98. The summed E-state index contributed by atoms with van der Waals surface area (Å²) >= 11 is 0. The van der Waals surface area contributed by atoms with Crippen LogP contribution in [0.25, 0.3) is 0 Å². The average molecular weight is 361 g/mol. The quantitative estimate of drug-likeness (QED) is 0.806. The average Bonchev–Trinajstić information content (AvgIpc) is 2.54. The zero-order chi connectivity index (χ0) is 18.4. The van der Waals surface area contributed by atoms with Crippen molar-refractivity contribution in [3.8, 4) is 11.5 Å². The second kappa shape index (κ2) is 8.42. The minimum atomic E-state index is -4.43. The molecule has 0 saturated carbocycles. The lowest BCUT2D eigenvalue weighted by atomic mass is 10.0. The van der Waals surface area contributed by atoms with Gasteiger partial charge in [-0.3, -0.25) is 9.69 Å². The molecule has 0 aliphatic carbocycles. The van der Waals surface area contributed by atoms with Gasteiger partial charge in [0.15, 0.2) is 18.1 Å². The molecule has 2 rings (SSSR count). The van der Waals surface area contributed by atoms with E-state index in [1.165, 1.54) is 6.07 Å². The van der Waals surface area contributed by atoms with E-state index in [0.29, 0.717) is 19.5 Å². The fourth-order valence-electron chi connectivity index (χ4n) is 2.89. The number of aliphatic carboxylic acids is 1. The first-order valence-corrected chi connectivity index (χ1v) is 8.22. The van der Waals surface area contributed by atoms with E-state index in [4.69, 9.17) is 9.47 Å². The zero-order valence-corrected chi connectivity index (χ0v) is 14.0. The molecule has 1 aromatic carbocycles. The summed E-state index contributed by atoms with van der Waals surface area (Å²) in [5.74, 6) is -0.598. The van der Waals surface area contributed by atoms with Gasteiger partial charge in [-0.2, -0.15) is 13.2 Å². The van der Waals surface area contributed by atoms with Crippen LogP contribution in [0.4, 0.5) is 13.2 Å². The number of likely N-dealkylation sites (tertiary alicyclic amines) is 1. The highest BCUT2D eigenvalue weighted by Gasteiger charge is 2.30. The highest BCUT2D eigenvalue weighted by atomic mass is 19.4. The van der Waals surface area contributed by atoms with Crippen LogP contribution in [0, 0.1) is 0 Å². The summed E-state index contributed by atoms with van der Waals surface area (Å²) in [6.07, 6.45) is -2.03. The summed E-state index contributed by atoms with van der Waals surface area (Å²) < 4.78 is 47.2. The van der Waals surface area contributed by atoms with Gasteiger partial charge in [0.2, 0.25) is 0 Å². The van der Waals surface area contributed by atoms with Gasteiger partial charge in [-0.1, -0.05) is 12.5 Å².